The summed E-state index contributed by atoms with van der Waals surface area (Å²) in [4.78, 5) is 15.3. The molecule has 1 saturated heterocycles. The normalized spacial score (nSPS) is 19.0. The number of amides is 1. The highest BCUT2D eigenvalue weighted by atomic mass is 35.5. The monoisotopic (exact) mass is 412 g/mol. The minimum Gasteiger partial charge on any atom is -0.349 e. The highest BCUT2D eigenvalue weighted by molar-refractivity contribution is 6.31. The van der Waals surface area contributed by atoms with Gasteiger partial charge in [0.1, 0.15) is 0 Å². The van der Waals surface area contributed by atoms with Gasteiger partial charge >= 0.3 is 0 Å². The lowest BCUT2D eigenvalue weighted by atomic mass is 9.86. The lowest BCUT2D eigenvalue weighted by Crippen LogP contribution is -2.43. The lowest BCUT2D eigenvalue weighted by Gasteiger charge is -2.33. The Labute approximate surface area is 180 Å². The van der Waals surface area contributed by atoms with Crippen molar-refractivity contribution in [2.75, 3.05) is 13.1 Å². The molecule has 0 radical (unpaired) electrons. The zero-order valence-corrected chi connectivity index (χ0v) is 18.8. The number of benzene rings is 2. The van der Waals surface area contributed by atoms with Crippen molar-refractivity contribution >= 4 is 17.5 Å². The van der Waals surface area contributed by atoms with Crippen LogP contribution in [0, 0.1) is 5.92 Å². The maximum atomic E-state index is 12.9. The van der Waals surface area contributed by atoms with Crippen LogP contribution >= 0.6 is 11.6 Å². The summed E-state index contributed by atoms with van der Waals surface area (Å²) in [6.07, 6.45) is 1.98. The predicted octanol–water partition coefficient (Wildman–Crippen LogP) is 5.73. The van der Waals surface area contributed by atoms with Crippen LogP contribution in [0.1, 0.15) is 63.3 Å². The summed E-state index contributed by atoms with van der Waals surface area (Å²) < 4.78 is 0. The maximum absolute atomic E-state index is 12.9. The molecule has 2 aromatic carbocycles. The zero-order valence-electron chi connectivity index (χ0n) is 18.0. The Kier molecular flexibility index (Phi) is 7.02. The standard InChI is InChI=1S/C25H33ClN2O/c1-18(19-11-13-22(14-12-19)25(2,3)4)27-24(29)21-9-7-15-28(17-21)16-20-8-5-6-10-23(20)26/h5-6,8,10-14,18,21H,7,9,15-17H2,1-4H3,(H,27,29)/t18-,21-/m1/s1. The van der Waals surface area contributed by atoms with E-state index in [1.165, 1.54) is 5.56 Å². The summed E-state index contributed by atoms with van der Waals surface area (Å²) in [6.45, 7) is 11.3. The molecule has 1 aliphatic heterocycles. The Morgan fingerprint density at radius 2 is 1.86 bits per heavy atom. The van der Waals surface area contributed by atoms with E-state index in [1.807, 2.05) is 18.2 Å². The summed E-state index contributed by atoms with van der Waals surface area (Å²) in [5, 5.41) is 4.03. The fourth-order valence-corrected chi connectivity index (χ4v) is 4.16. The summed E-state index contributed by atoms with van der Waals surface area (Å²) in [6, 6.07) is 16.6. The van der Waals surface area contributed by atoms with Crippen molar-refractivity contribution in [1.29, 1.82) is 0 Å². The number of nitrogens with zero attached hydrogens (tertiary/aromatic N) is 1. The van der Waals surface area contributed by atoms with Crippen LogP contribution in [-0.4, -0.2) is 23.9 Å². The number of nitrogens with one attached hydrogen (secondary N) is 1. The Morgan fingerprint density at radius 3 is 2.52 bits per heavy atom. The Hall–Kier alpha value is -1.84. The van der Waals surface area contributed by atoms with Crippen LogP contribution in [0.15, 0.2) is 48.5 Å². The second-order valence-electron chi connectivity index (χ2n) is 9.27. The van der Waals surface area contributed by atoms with Gasteiger partial charge in [0, 0.05) is 18.1 Å². The molecule has 1 amide bonds. The van der Waals surface area contributed by atoms with Gasteiger partial charge in [0.15, 0.2) is 0 Å². The molecule has 0 bridgehead atoms. The van der Waals surface area contributed by atoms with Crippen LogP contribution in [0.25, 0.3) is 0 Å². The van der Waals surface area contributed by atoms with E-state index in [0.29, 0.717) is 0 Å². The first-order valence-corrected chi connectivity index (χ1v) is 11.0. The van der Waals surface area contributed by atoms with Crippen LogP contribution in [0.2, 0.25) is 5.02 Å². The second-order valence-corrected chi connectivity index (χ2v) is 9.68. The van der Waals surface area contributed by atoms with Gasteiger partial charge in [0.25, 0.3) is 0 Å². The molecule has 0 saturated carbocycles. The van der Waals surface area contributed by atoms with Crippen molar-refractivity contribution in [3.05, 3.63) is 70.2 Å². The van der Waals surface area contributed by atoms with E-state index in [0.717, 1.165) is 48.6 Å². The van der Waals surface area contributed by atoms with Gasteiger partial charge in [-0.1, -0.05) is 74.8 Å². The van der Waals surface area contributed by atoms with Crippen molar-refractivity contribution < 1.29 is 4.79 Å². The zero-order chi connectivity index (χ0) is 21.0. The number of likely N-dealkylation sites (tertiary alicyclic amines) is 1. The third-order valence-electron chi connectivity index (χ3n) is 5.86. The number of halogens is 1. The molecule has 29 heavy (non-hydrogen) atoms. The van der Waals surface area contributed by atoms with Crippen molar-refractivity contribution in [3.63, 3.8) is 0 Å². The van der Waals surface area contributed by atoms with Crippen LogP contribution in [-0.2, 0) is 16.8 Å². The number of carbonyl (C=O) groups is 1. The SMILES string of the molecule is C[C@@H](NC(=O)[C@@H]1CCCN(Cc2ccccc2Cl)C1)c1ccc(C(C)(C)C)cc1. The molecule has 1 heterocycles. The summed E-state index contributed by atoms with van der Waals surface area (Å²) in [5.74, 6) is 0.184. The molecule has 0 spiro atoms. The molecule has 2 aromatic rings. The molecule has 3 rings (SSSR count). The summed E-state index contributed by atoms with van der Waals surface area (Å²) in [5.41, 5.74) is 3.72. The highest BCUT2D eigenvalue weighted by Crippen LogP contribution is 2.25. The highest BCUT2D eigenvalue weighted by Gasteiger charge is 2.27. The first kappa shape index (κ1) is 21.9. The van der Waals surface area contributed by atoms with Crippen molar-refractivity contribution in [2.24, 2.45) is 5.92 Å². The van der Waals surface area contributed by atoms with Crippen LogP contribution in [0.5, 0.6) is 0 Å². The number of hydrogen-bond donors (Lipinski definition) is 1. The van der Waals surface area contributed by atoms with E-state index >= 15 is 0 Å². The number of hydrogen-bond acceptors (Lipinski definition) is 2. The second kappa shape index (κ2) is 9.32. The largest absolute Gasteiger partial charge is 0.349 e. The quantitative estimate of drug-likeness (QED) is 0.680. The summed E-state index contributed by atoms with van der Waals surface area (Å²) in [7, 11) is 0. The van der Waals surface area contributed by atoms with E-state index in [4.69, 9.17) is 11.6 Å². The van der Waals surface area contributed by atoms with Crippen LogP contribution in [0.4, 0.5) is 0 Å². The molecule has 0 unspecified atom stereocenters. The average Bonchev–Trinajstić information content (AvgIpc) is 2.69. The fraction of sp³-hybridized carbons (Fsp3) is 0.480. The molecule has 2 atom stereocenters. The van der Waals surface area contributed by atoms with Crippen molar-refractivity contribution in [2.45, 2.75) is 58.5 Å². The van der Waals surface area contributed by atoms with Crippen molar-refractivity contribution in [1.82, 2.24) is 10.2 Å². The van der Waals surface area contributed by atoms with Gasteiger partial charge in [-0.3, -0.25) is 9.69 Å². The molecular formula is C25H33ClN2O. The molecule has 1 N–H and O–H groups in total. The number of piperidine rings is 1. The molecule has 0 aliphatic carbocycles. The molecule has 4 heteroatoms. The van der Waals surface area contributed by atoms with E-state index in [-0.39, 0.29) is 23.3 Å². The van der Waals surface area contributed by atoms with E-state index < -0.39 is 0 Å². The topological polar surface area (TPSA) is 32.3 Å². The van der Waals surface area contributed by atoms with Gasteiger partial charge in [-0.15, -0.1) is 0 Å². The van der Waals surface area contributed by atoms with E-state index in [1.54, 1.807) is 0 Å². The smallest absolute Gasteiger partial charge is 0.224 e. The molecule has 0 aromatic heterocycles. The molecule has 1 fully saturated rings. The first-order valence-electron chi connectivity index (χ1n) is 10.6. The summed E-state index contributed by atoms with van der Waals surface area (Å²) >= 11 is 6.31. The van der Waals surface area contributed by atoms with Gasteiger partial charge in [-0.05, 0) is 54.5 Å². The minimum absolute atomic E-state index is 0.00969. The minimum atomic E-state index is 0.00969. The van der Waals surface area contributed by atoms with Gasteiger partial charge in [0.2, 0.25) is 5.91 Å². The molecule has 3 nitrogen and oxygen atoms in total. The molecule has 1 aliphatic rings. The van der Waals surface area contributed by atoms with E-state index in [2.05, 4.69) is 68.2 Å². The average molecular weight is 413 g/mol. The van der Waals surface area contributed by atoms with E-state index in [9.17, 15) is 4.79 Å². The third-order valence-corrected chi connectivity index (χ3v) is 6.23. The van der Waals surface area contributed by atoms with Crippen LogP contribution in [0.3, 0.4) is 0 Å². The predicted molar refractivity (Wildman–Crippen MR) is 121 cm³/mol. The maximum Gasteiger partial charge on any atom is 0.224 e. The Morgan fingerprint density at radius 1 is 1.17 bits per heavy atom. The van der Waals surface area contributed by atoms with Gasteiger partial charge < -0.3 is 5.32 Å². The van der Waals surface area contributed by atoms with Gasteiger partial charge in [-0.2, -0.15) is 0 Å². The van der Waals surface area contributed by atoms with Gasteiger partial charge in [-0.25, -0.2) is 0 Å². The number of rotatable bonds is 5. The molecule has 156 valence electrons. The Bertz CT molecular complexity index is 825. The first-order chi connectivity index (χ1) is 13.7. The lowest BCUT2D eigenvalue weighted by molar-refractivity contribution is -0.127. The fourth-order valence-electron chi connectivity index (χ4n) is 3.97. The van der Waals surface area contributed by atoms with Crippen molar-refractivity contribution in [3.8, 4) is 0 Å². The molecular weight excluding hydrogens is 380 g/mol. The third kappa shape index (κ3) is 5.83. The Balaban J connectivity index is 1.57. The number of carbonyl (C=O) groups excluding carboxylic acids is 1. The van der Waals surface area contributed by atoms with Gasteiger partial charge in [0.05, 0.1) is 12.0 Å². The van der Waals surface area contributed by atoms with Crippen LogP contribution < -0.4 is 5.32 Å².